The van der Waals surface area contributed by atoms with E-state index in [1.807, 2.05) is 42.5 Å². The van der Waals surface area contributed by atoms with Crippen molar-refractivity contribution in [2.24, 2.45) is 0 Å². The number of ether oxygens (including phenoxy) is 1. The minimum atomic E-state index is -0.843. The first-order valence-electron chi connectivity index (χ1n) is 10.7. The fourth-order valence-electron chi connectivity index (χ4n) is 4.70. The maximum absolute atomic E-state index is 13.0. The van der Waals surface area contributed by atoms with Crippen LogP contribution in [0.1, 0.15) is 32.7 Å². The van der Waals surface area contributed by atoms with Crippen molar-refractivity contribution in [3.05, 3.63) is 88.9 Å². The standard InChI is InChI=1S/C25H22N4O4/c1-33-23(31)20(10-15-6-3-2-4-7-15)28-22(30)19-11-16-12-25(13-17(16)14-27-19)18-8-5-9-26-21(18)29-24(25)32/h2-9,11,14,20H,10,12-13H2,1H3,(H,28,30)(H,26,29,32)/t20-,25?/m0/s1. The van der Waals surface area contributed by atoms with Crippen LogP contribution in [0.3, 0.4) is 0 Å². The highest BCUT2D eigenvalue weighted by molar-refractivity contribution is 6.06. The molecule has 3 aromatic rings. The average Bonchev–Trinajstić information content (AvgIpc) is 3.35. The maximum atomic E-state index is 13.0. The molecule has 3 heterocycles. The zero-order valence-corrected chi connectivity index (χ0v) is 18.0. The number of nitrogens with zero attached hydrogens (tertiary/aromatic N) is 2. The van der Waals surface area contributed by atoms with E-state index in [0.717, 1.165) is 22.3 Å². The number of fused-ring (bicyclic) bond motifs is 3. The molecular formula is C25H22N4O4. The zero-order valence-electron chi connectivity index (χ0n) is 18.0. The summed E-state index contributed by atoms with van der Waals surface area (Å²) in [7, 11) is 1.29. The highest BCUT2D eigenvalue weighted by Crippen LogP contribution is 2.46. The Bertz CT molecular complexity index is 1260. The first-order chi connectivity index (χ1) is 16.0. The molecule has 5 rings (SSSR count). The van der Waals surface area contributed by atoms with E-state index in [0.29, 0.717) is 25.1 Å². The molecule has 2 amide bonds. The van der Waals surface area contributed by atoms with Gasteiger partial charge in [-0.05, 0) is 41.7 Å². The number of esters is 1. The normalized spacial score (nSPS) is 18.9. The van der Waals surface area contributed by atoms with E-state index < -0.39 is 23.3 Å². The van der Waals surface area contributed by atoms with Crippen molar-refractivity contribution in [2.45, 2.75) is 30.7 Å². The molecule has 0 radical (unpaired) electrons. The van der Waals surface area contributed by atoms with E-state index in [4.69, 9.17) is 4.74 Å². The number of methoxy groups -OCH3 is 1. The monoisotopic (exact) mass is 442 g/mol. The molecule has 1 spiro atoms. The smallest absolute Gasteiger partial charge is 0.328 e. The molecule has 166 valence electrons. The highest BCUT2D eigenvalue weighted by atomic mass is 16.5. The third-order valence-corrected chi connectivity index (χ3v) is 6.36. The van der Waals surface area contributed by atoms with Crippen molar-refractivity contribution in [3.8, 4) is 0 Å². The van der Waals surface area contributed by atoms with Crippen LogP contribution in [0.25, 0.3) is 0 Å². The molecule has 8 nitrogen and oxygen atoms in total. The van der Waals surface area contributed by atoms with Crippen molar-refractivity contribution < 1.29 is 19.1 Å². The van der Waals surface area contributed by atoms with Crippen LogP contribution in [-0.4, -0.2) is 40.9 Å². The van der Waals surface area contributed by atoms with Crippen molar-refractivity contribution in [1.29, 1.82) is 0 Å². The largest absolute Gasteiger partial charge is 0.467 e. The summed E-state index contributed by atoms with van der Waals surface area (Å²) < 4.78 is 4.88. The second-order valence-corrected chi connectivity index (χ2v) is 8.37. The van der Waals surface area contributed by atoms with E-state index in [2.05, 4.69) is 20.6 Å². The van der Waals surface area contributed by atoms with Crippen LogP contribution in [0.4, 0.5) is 5.82 Å². The van der Waals surface area contributed by atoms with E-state index in [1.54, 1.807) is 18.5 Å². The Kier molecular flexibility index (Phi) is 5.12. The summed E-state index contributed by atoms with van der Waals surface area (Å²) in [6, 6.07) is 14.0. The Balaban J connectivity index is 1.37. The highest BCUT2D eigenvalue weighted by Gasteiger charge is 2.51. The van der Waals surface area contributed by atoms with E-state index in [1.165, 1.54) is 7.11 Å². The summed E-state index contributed by atoms with van der Waals surface area (Å²) in [5, 5.41) is 5.61. The number of rotatable bonds is 5. The van der Waals surface area contributed by atoms with E-state index in [9.17, 15) is 14.4 Å². The number of anilines is 1. The van der Waals surface area contributed by atoms with Crippen molar-refractivity contribution in [1.82, 2.24) is 15.3 Å². The van der Waals surface area contributed by atoms with Gasteiger partial charge in [-0.25, -0.2) is 9.78 Å². The average molecular weight is 442 g/mol. The number of pyridine rings is 2. The summed E-state index contributed by atoms with van der Waals surface area (Å²) in [5.74, 6) is -0.503. The van der Waals surface area contributed by atoms with Gasteiger partial charge in [0.25, 0.3) is 5.91 Å². The Morgan fingerprint density at radius 3 is 2.70 bits per heavy atom. The Morgan fingerprint density at radius 2 is 1.91 bits per heavy atom. The lowest BCUT2D eigenvalue weighted by molar-refractivity contribution is -0.142. The molecule has 0 saturated heterocycles. The summed E-state index contributed by atoms with van der Waals surface area (Å²) in [4.78, 5) is 46.7. The van der Waals surface area contributed by atoms with Crippen LogP contribution < -0.4 is 10.6 Å². The van der Waals surface area contributed by atoms with Crippen molar-refractivity contribution >= 4 is 23.6 Å². The quantitative estimate of drug-likeness (QED) is 0.585. The Labute approximate surface area is 190 Å². The molecule has 2 aromatic heterocycles. The van der Waals surface area contributed by atoms with Crippen molar-refractivity contribution in [3.63, 3.8) is 0 Å². The molecule has 1 aliphatic carbocycles. The molecule has 2 aliphatic rings. The predicted octanol–water partition coefficient (Wildman–Crippen LogP) is 1.98. The maximum Gasteiger partial charge on any atom is 0.328 e. The van der Waals surface area contributed by atoms with Gasteiger partial charge < -0.3 is 15.4 Å². The predicted molar refractivity (Wildman–Crippen MR) is 120 cm³/mol. The lowest BCUT2D eigenvalue weighted by Gasteiger charge is -2.20. The number of carbonyl (C=O) groups is 3. The van der Waals surface area contributed by atoms with Crippen LogP contribution in [0, 0.1) is 0 Å². The molecule has 1 aromatic carbocycles. The van der Waals surface area contributed by atoms with Gasteiger partial charge in [-0.2, -0.15) is 0 Å². The minimum Gasteiger partial charge on any atom is -0.467 e. The molecular weight excluding hydrogens is 420 g/mol. The van der Waals surface area contributed by atoms with Gasteiger partial charge in [0.15, 0.2) is 0 Å². The van der Waals surface area contributed by atoms with Gasteiger partial charge in [0.1, 0.15) is 17.6 Å². The van der Waals surface area contributed by atoms with Crippen LogP contribution in [0.2, 0.25) is 0 Å². The van der Waals surface area contributed by atoms with Crippen molar-refractivity contribution in [2.75, 3.05) is 12.4 Å². The van der Waals surface area contributed by atoms with Crippen LogP contribution >= 0.6 is 0 Å². The van der Waals surface area contributed by atoms with Gasteiger partial charge in [-0.15, -0.1) is 0 Å². The number of hydrogen-bond donors (Lipinski definition) is 2. The molecule has 2 N–H and O–H groups in total. The van der Waals surface area contributed by atoms with Gasteiger partial charge >= 0.3 is 5.97 Å². The molecule has 33 heavy (non-hydrogen) atoms. The number of aromatic nitrogens is 2. The first kappa shape index (κ1) is 20.8. The molecule has 2 atom stereocenters. The molecule has 0 bridgehead atoms. The number of benzene rings is 1. The van der Waals surface area contributed by atoms with Gasteiger partial charge in [0.05, 0.1) is 12.5 Å². The van der Waals surface area contributed by atoms with Crippen LogP contribution in [0.15, 0.2) is 60.9 Å². The number of amides is 2. The molecule has 1 aliphatic heterocycles. The lowest BCUT2D eigenvalue weighted by Crippen LogP contribution is -2.43. The second-order valence-electron chi connectivity index (χ2n) is 8.37. The SMILES string of the molecule is COC(=O)[C@H](Cc1ccccc1)NC(=O)c1cc2c(cn1)CC1(C2)C(=O)Nc2ncccc21. The Hall–Kier alpha value is -4.07. The fourth-order valence-corrected chi connectivity index (χ4v) is 4.70. The van der Waals surface area contributed by atoms with Crippen LogP contribution in [-0.2, 0) is 39.0 Å². The number of hydrogen-bond acceptors (Lipinski definition) is 6. The molecule has 1 unspecified atom stereocenters. The molecule has 0 saturated carbocycles. The van der Waals surface area contributed by atoms with Crippen LogP contribution in [0.5, 0.6) is 0 Å². The topological polar surface area (TPSA) is 110 Å². The summed E-state index contributed by atoms with van der Waals surface area (Å²) in [6.07, 6.45) is 4.56. The fraction of sp³-hybridized carbons (Fsp3) is 0.240. The summed E-state index contributed by atoms with van der Waals surface area (Å²) in [6.45, 7) is 0. The van der Waals surface area contributed by atoms with Gasteiger partial charge in [-0.3, -0.25) is 14.6 Å². The zero-order chi connectivity index (χ0) is 23.0. The number of carbonyl (C=O) groups excluding carboxylic acids is 3. The second kappa shape index (κ2) is 8.12. The van der Waals surface area contributed by atoms with E-state index >= 15 is 0 Å². The summed E-state index contributed by atoms with van der Waals surface area (Å²) >= 11 is 0. The van der Waals surface area contributed by atoms with Gasteiger partial charge in [-0.1, -0.05) is 36.4 Å². The van der Waals surface area contributed by atoms with E-state index in [-0.39, 0.29) is 11.6 Å². The first-order valence-corrected chi connectivity index (χ1v) is 10.7. The third kappa shape index (κ3) is 3.63. The minimum absolute atomic E-state index is 0.0907. The molecule has 8 heteroatoms. The third-order valence-electron chi connectivity index (χ3n) is 6.36. The summed E-state index contributed by atoms with van der Waals surface area (Å²) in [5.41, 5.74) is 3.04. The molecule has 0 fully saturated rings. The van der Waals surface area contributed by atoms with Gasteiger partial charge in [0.2, 0.25) is 5.91 Å². The number of nitrogens with one attached hydrogen (secondary N) is 2. The van der Waals surface area contributed by atoms with Gasteiger partial charge in [0, 0.05) is 24.4 Å². The lowest BCUT2D eigenvalue weighted by atomic mass is 9.79. The Morgan fingerprint density at radius 1 is 1.12 bits per heavy atom.